The molecular weight excluding hydrogens is 333 g/mol. The number of phenolic OH excluding ortho intramolecular Hbond substituents is 1. The highest BCUT2D eigenvalue weighted by Crippen LogP contribution is 2.34. The smallest absolute Gasteiger partial charge is 0.416 e. The third kappa shape index (κ3) is 3.12. The Morgan fingerprint density at radius 1 is 1.04 bits per heavy atom. The number of hydrogen-bond acceptors (Lipinski definition) is 3. The largest absolute Gasteiger partial charge is 0.508 e. The molecule has 2 aromatic carbocycles. The average Bonchev–Trinajstić information content (AvgIpc) is 2.53. The van der Waals surface area contributed by atoms with Crippen molar-refractivity contribution in [2.45, 2.75) is 25.9 Å². The maximum absolute atomic E-state index is 12.9. The first kappa shape index (κ1) is 17.1. The topological polar surface area (TPSA) is 50.4 Å². The number of fused-ring (bicyclic) bond motifs is 1. The van der Waals surface area contributed by atoms with Gasteiger partial charge in [-0.15, -0.1) is 0 Å². The van der Waals surface area contributed by atoms with Crippen LogP contribution in [-0.4, -0.2) is 5.11 Å². The molecule has 3 nitrogen and oxygen atoms in total. The van der Waals surface area contributed by atoms with E-state index in [9.17, 15) is 23.1 Å². The molecule has 3 aromatic rings. The lowest BCUT2D eigenvalue weighted by atomic mass is 9.96. The zero-order valence-electron chi connectivity index (χ0n) is 13.5. The molecule has 0 unspecified atom stereocenters. The third-order valence-electron chi connectivity index (χ3n) is 3.93. The highest BCUT2D eigenvalue weighted by molar-refractivity contribution is 5.84. The summed E-state index contributed by atoms with van der Waals surface area (Å²) in [6, 6.07) is 8.58. The number of benzene rings is 2. The van der Waals surface area contributed by atoms with Gasteiger partial charge in [0.15, 0.2) is 0 Å². The molecular formula is C19H15F3O3. The Hall–Kier alpha value is -2.76. The molecule has 0 bridgehead atoms. The number of halogens is 3. The number of aromatic hydroxyl groups is 1. The fraction of sp³-hybridized carbons (Fsp3) is 0.211. The van der Waals surface area contributed by atoms with Gasteiger partial charge in [0.05, 0.1) is 16.5 Å². The quantitative estimate of drug-likeness (QED) is 0.683. The van der Waals surface area contributed by atoms with Crippen LogP contribution < -0.4 is 5.43 Å². The van der Waals surface area contributed by atoms with E-state index in [0.29, 0.717) is 11.3 Å². The Morgan fingerprint density at radius 2 is 1.68 bits per heavy atom. The predicted molar refractivity (Wildman–Crippen MR) is 88.7 cm³/mol. The predicted octanol–water partition coefficient (Wildman–Crippen LogP) is 5.31. The Morgan fingerprint density at radius 3 is 2.24 bits per heavy atom. The molecule has 0 atom stereocenters. The monoisotopic (exact) mass is 348 g/mol. The summed E-state index contributed by atoms with van der Waals surface area (Å²) in [5.74, 6) is 0.159. The fourth-order valence-corrected chi connectivity index (χ4v) is 2.70. The van der Waals surface area contributed by atoms with Gasteiger partial charge in [-0.2, -0.15) is 13.2 Å². The molecule has 25 heavy (non-hydrogen) atoms. The van der Waals surface area contributed by atoms with E-state index in [1.807, 2.05) is 13.8 Å². The lowest BCUT2D eigenvalue weighted by Crippen LogP contribution is -2.10. The van der Waals surface area contributed by atoms with Gasteiger partial charge in [-0.05, 0) is 29.8 Å². The van der Waals surface area contributed by atoms with Gasteiger partial charge in [0.1, 0.15) is 17.1 Å². The molecule has 6 heteroatoms. The van der Waals surface area contributed by atoms with Crippen molar-refractivity contribution >= 4 is 11.0 Å². The first-order chi connectivity index (χ1) is 11.7. The SMILES string of the molecule is CC(C)c1oc2cc(O)ccc2c(=O)c1-c1ccc(C(F)(F)F)cc1. The Bertz CT molecular complexity index is 984. The standard InChI is InChI=1S/C19H15F3O3/c1-10(2)18-16(11-3-5-12(6-4-11)19(20,21)22)17(24)14-8-7-13(23)9-15(14)25-18/h3-10,23H,1-2H3. The van der Waals surface area contributed by atoms with E-state index in [1.54, 1.807) is 0 Å². The second kappa shape index (κ2) is 5.95. The molecule has 130 valence electrons. The minimum atomic E-state index is -4.44. The fourth-order valence-electron chi connectivity index (χ4n) is 2.70. The number of rotatable bonds is 2. The maximum atomic E-state index is 12.9. The van der Waals surface area contributed by atoms with Crippen LogP contribution >= 0.6 is 0 Å². The molecule has 0 amide bonds. The summed E-state index contributed by atoms with van der Waals surface area (Å²) >= 11 is 0. The Kier molecular flexibility index (Phi) is 4.06. The summed E-state index contributed by atoms with van der Waals surface area (Å²) < 4.78 is 44.0. The van der Waals surface area contributed by atoms with Crippen molar-refractivity contribution < 1.29 is 22.7 Å². The van der Waals surface area contributed by atoms with Gasteiger partial charge in [0.2, 0.25) is 5.43 Å². The zero-order chi connectivity index (χ0) is 18.4. The van der Waals surface area contributed by atoms with Crippen molar-refractivity contribution in [2.75, 3.05) is 0 Å². The zero-order valence-corrected chi connectivity index (χ0v) is 13.5. The minimum Gasteiger partial charge on any atom is -0.508 e. The molecule has 0 saturated heterocycles. The average molecular weight is 348 g/mol. The Balaban J connectivity index is 2.27. The van der Waals surface area contributed by atoms with E-state index >= 15 is 0 Å². The van der Waals surface area contributed by atoms with E-state index in [-0.39, 0.29) is 33.6 Å². The summed E-state index contributed by atoms with van der Waals surface area (Å²) in [6.45, 7) is 3.64. The van der Waals surface area contributed by atoms with Crippen molar-refractivity contribution in [2.24, 2.45) is 0 Å². The first-order valence-corrected chi connectivity index (χ1v) is 7.66. The maximum Gasteiger partial charge on any atom is 0.416 e. The molecule has 1 aromatic heterocycles. The Labute approximate surface area is 141 Å². The normalized spacial score (nSPS) is 12.1. The molecule has 0 saturated carbocycles. The molecule has 0 aliphatic carbocycles. The van der Waals surface area contributed by atoms with Crippen LogP contribution in [0.25, 0.3) is 22.1 Å². The minimum absolute atomic E-state index is 0.0346. The van der Waals surface area contributed by atoms with Gasteiger partial charge in [0.25, 0.3) is 0 Å². The van der Waals surface area contributed by atoms with E-state index in [2.05, 4.69) is 0 Å². The number of phenols is 1. The van der Waals surface area contributed by atoms with Crippen LogP contribution in [0.1, 0.15) is 31.1 Å². The first-order valence-electron chi connectivity index (χ1n) is 7.66. The van der Waals surface area contributed by atoms with Crippen molar-refractivity contribution in [3.63, 3.8) is 0 Å². The van der Waals surface area contributed by atoms with E-state index in [0.717, 1.165) is 12.1 Å². The summed E-state index contributed by atoms with van der Waals surface area (Å²) in [7, 11) is 0. The van der Waals surface area contributed by atoms with E-state index in [1.165, 1.54) is 30.3 Å². The highest BCUT2D eigenvalue weighted by Gasteiger charge is 2.30. The number of alkyl halides is 3. The molecule has 0 radical (unpaired) electrons. The summed E-state index contributed by atoms with van der Waals surface area (Å²) in [4.78, 5) is 12.9. The third-order valence-corrected chi connectivity index (χ3v) is 3.93. The van der Waals surface area contributed by atoms with Crippen LogP contribution in [0.3, 0.4) is 0 Å². The summed E-state index contributed by atoms with van der Waals surface area (Å²) in [5.41, 5.74) is -0.283. The van der Waals surface area contributed by atoms with Crippen LogP contribution in [0.5, 0.6) is 5.75 Å². The second-order valence-corrected chi connectivity index (χ2v) is 6.08. The molecule has 0 aliphatic heterocycles. The van der Waals surface area contributed by atoms with Gasteiger partial charge in [-0.25, -0.2) is 0 Å². The highest BCUT2D eigenvalue weighted by atomic mass is 19.4. The summed E-state index contributed by atoms with van der Waals surface area (Å²) in [5, 5.41) is 9.84. The number of hydrogen-bond donors (Lipinski definition) is 1. The van der Waals surface area contributed by atoms with E-state index in [4.69, 9.17) is 4.42 Å². The van der Waals surface area contributed by atoms with Crippen LogP contribution in [0.4, 0.5) is 13.2 Å². The van der Waals surface area contributed by atoms with Gasteiger partial charge < -0.3 is 9.52 Å². The van der Waals surface area contributed by atoms with Crippen LogP contribution in [0.15, 0.2) is 51.7 Å². The molecule has 1 heterocycles. The van der Waals surface area contributed by atoms with Crippen molar-refractivity contribution in [3.05, 3.63) is 64.0 Å². The lowest BCUT2D eigenvalue weighted by molar-refractivity contribution is -0.137. The second-order valence-electron chi connectivity index (χ2n) is 6.08. The van der Waals surface area contributed by atoms with Crippen molar-refractivity contribution in [3.8, 4) is 16.9 Å². The van der Waals surface area contributed by atoms with Crippen molar-refractivity contribution in [1.82, 2.24) is 0 Å². The van der Waals surface area contributed by atoms with Gasteiger partial charge in [0, 0.05) is 12.0 Å². The molecule has 0 fully saturated rings. The van der Waals surface area contributed by atoms with E-state index < -0.39 is 11.7 Å². The van der Waals surface area contributed by atoms with Crippen LogP contribution in [0.2, 0.25) is 0 Å². The molecule has 1 N–H and O–H groups in total. The molecule has 0 spiro atoms. The van der Waals surface area contributed by atoms with Crippen LogP contribution in [0, 0.1) is 0 Å². The summed E-state index contributed by atoms with van der Waals surface area (Å²) in [6.07, 6.45) is -4.44. The van der Waals surface area contributed by atoms with Gasteiger partial charge in [-0.1, -0.05) is 26.0 Å². The molecule has 0 aliphatic rings. The molecule has 3 rings (SSSR count). The van der Waals surface area contributed by atoms with Crippen molar-refractivity contribution in [1.29, 1.82) is 0 Å². The van der Waals surface area contributed by atoms with Gasteiger partial charge >= 0.3 is 6.18 Å². The van der Waals surface area contributed by atoms with Crippen LogP contribution in [-0.2, 0) is 6.18 Å². The van der Waals surface area contributed by atoms with Gasteiger partial charge in [-0.3, -0.25) is 4.79 Å². The lowest BCUT2D eigenvalue weighted by Gasteiger charge is -2.14.